The molecule has 0 saturated heterocycles. The molecule has 1 aromatic carbocycles. The van der Waals surface area contributed by atoms with Gasteiger partial charge in [-0.15, -0.1) is 0 Å². The van der Waals surface area contributed by atoms with E-state index in [2.05, 4.69) is 0 Å². The van der Waals surface area contributed by atoms with Crippen LogP contribution in [0.2, 0.25) is 0 Å². The number of hydrogen-bond donors (Lipinski definition) is 1. The van der Waals surface area contributed by atoms with Gasteiger partial charge in [0, 0.05) is 18.9 Å². The number of rotatable bonds is 5. The van der Waals surface area contributed by atoms with Crippen molar-refractivity contribution in [2.45, 2.75) is 38.1 Å². The fourth-order valence-electron chi connectivity index (χ4n) is 2.91. The minimum Gasteiger partial charge on any atom is -0.497 e. The van der Waals surface area contributed by atoms with E-state index in [1.54, 1.807) is 18.3 Å². The Kier molecular flexibility index (Phi) is 5.84. The van der Waals surface area contributed by atoms with E-state index in [4.69, 9.17) is 14.2 Å². The first-order chi connectivity index (χ1) is 11.1. The molecule has 0 bridgehead atoms. The summed E-state index contributed by atoms with van der Waals surface area (Å²) in [6.07, 6.45) is 6.81. The Labute approximate surface area is 136 Å². The van der Waals surface area contributed by atoms with Crippen molar-refractivity contribution < 1.29 is 29.0 Å². The zero-order chi connectivity index (χ0) is 16.8. The van der Waals surface area contributed by atoms with Gasteiger partial charge in [0.1, 0.15) is 17.1 Å². The van der Waals surface area contributed by atoms with Crippen LogP contribution in [0.15, 0.2) is 12.1 Å². The predicted octanol–water partition coefficient (Wildman–Crippen LogP) is 2.64. The maximum Gasteiger partial charge on any atom is 0.342 e. The highest BCUT2D eigenvalue weighted by Gasteiger charge is 2.26. The smallest absolute Gasteiger partial charge is 0.342 e. The van der Waals surface area contributed by atoms with Gasteiger partial charge >= 0.3 is 5.97 Å². The van der Waals surface area contributed by atoms with E-state index in [9.17, 15) is 10.0 Å². The van der Waals surface area contributed by atoms with Crippen molar-refractivity contribution in [1.29, 1.82) is 0 Å². The average molecular weight is 322 g/mol. The summed E-state index contributed by atoms with van der Waals surface area (Å²) in [6.45, 7) is 0. The van der Waals surface area contributed by atoms with E-state index >= 15 is 0 Å². The summed E-state index contributed by atoms with van der Waals surface area (Å²) >= 11 is 0. The van der Waals surface area contributed by atoms with Gasteiger partial charge in [0.15, 0.2) is 0 Å². The molecule has 1 aliphatic carbocycles. The number of esters is 1. The molecule has 0 spiro atoms. The molecule has 0 heterocycles. The van der Waals surface area contributed by atoms with Crippen molar-refractivity contribution >= 4 is 12.2 Å². The molecule has 1 aliphatic rings. The molecule has 1 saturated carbocycles. The monoisotopic (exact) mass is 322 g/mol. The normalized spacial score (nSPS) is 16.0. The van der Waals surface area contributed by atoms with Crippen molar-refractivity contribution in [3.8, 4) is 11.5 Å². The van der Waals surface area contributed by atoms with Crippen LogP contribution in [0.4, 0.5) is 0 Å². The molecule has 0 aliphatic heterocycles. The fourth-order valence-corrected chi connectivity index (χ4v) is 2.91. The number of ether oxygens (including phenoxy) is 3. The number of methoxy groups -OCH3 is 3. The highest BCUT2D eigenvalue weighted by atomic mass is 16.5. The average Bonchev–Trinajstić information content (AvgIpc) is 2.60. The zero-order valence-corrected chi connectivity index (χ0v) is 13.9. The van der Waals surface area contributed by atoms with Gasteiger partial charge in [-0.3, -0.25) is 5.21 Å². The molecule has 6 nitrogen and oxygen atoms in total. The largest absolute Gasteiger partial charge is 0.497 e. The van der Waals surface area contributed by atoms with Gasteiger partial charge in [-0.05, 0) is 23.6 Å². The highest BCUT2D eigenvalue weighted by molar-refractivity contribution is 6.01. The lowest BCUT2D eigenvalue weighted by Gasteiger charge is -2.16. The van der Waals surface area contributed by atoms with Crippen LogP contribution in [0.25, 0.3) is 0 Å². The summed E-state index contributed by atoms with van der Waals surface area (Å²) in [6, 6.07) is 3.36. The van der Waals surface area contributed by atoms with Gasteiger partial charge in [-0.25, -0.2) is 4.79 Å². The van der Waals surface area contributed by atoms with Crippen LogP contribution in [0.5, 0.6) is 11.5 Å². The molecule has 0 aromatic heterocycles. The van der Waals surface area contributed by atoms with E-state index in [1.807, 2.05) is 0 Å². The van der Waals surface area contributed by atoms with E-state index in [-0.39, 0.29) is 11.6 Å². The van der Waals surface area contributed by atoms with E-state index in [1.165, 1.54) is 32.5 Å². The van der Waals surface area contributed by atoms with Gasteiger partial charge in [0.2, 0.25) is 12.3 Å². The molecule has 0 amide bonds. The predicted molar refractivity (Wildman–Crippen MR) is 85.0 cm³/mol. The molecular weight excluding hydrogens is 298 g/mol. The summed E-state index contributed by atoms with van der Waals surface area (Å²) in [5, 5.41) is 10.4. The van der Waals surface area contributed by atoms with Crippen molar-refractivity contribution in [1.82, 2.24) is 0 Å². The molecule has 6 heteroatoms. The van der Waals surface area contributed by atoms with Crippen LogP contribution in [0, 0.1) is 0 Å². The zero-order valence-electron chi connectivity index (χ0n) is 13.9. The first-order valence-electron chi connectivity index (χ1n) is 7.77. The van der Waals surface area contributed by atoms with E-state index in [0.29, 0.717) is 17.1 Å². The van der Waals surface area contributed by atoms with Gasteiger partial charge in [0.05, 0.1) is 26.9 Å². The number of nitrogens with zero attached hydrogens (tertiary/aromatic N) is 1. The minimum absolute atomic E-state index is 0.0615. The highest BCUT2D eigenvalue weighted by Crippen LogP contribution is 2.29. The number of benzene rings is 1. The van der Waals surface area contributed by atoms with E-state index in [0.717, 1.165) is 25.7 Å². The Bertz CT molecular complexity index is 591. The van der Waals surface area contributed by atoms with Crippen LogP contribution in [0.3, 0.4) is 0 Å². The molecule has 23 heavy (non-hydrogen) atoms. The molecule has 1 N–H and O–H groups in total. The number of hydrogen-bond acceptors (Lipinski definition) is 5. The first-order valence-corrected chi connectivity index (χ1v) is 7.77. The lowest BCUT2D eigenvalue weighted by Crippen LogP contribution is -2.27. The lowest BCUT2D eigenvalue weighted by molar-refractivity contribution is -0.797. The number of carbonyl (C=O) groups is 1. The molecular formula is C17H24NO5+. The summed E-state index contributed by atoms with van der Waals surface area (Å²) < 4.78 is 16.6. The van der Waals surface area contributed by atoms with Gasteiger partial charge in [0.25, 0.3) is 0 Å². The molecule has 126 valence electrons. The number of carbonyl (C=O) groups excluding carboxylic acids is 1. The maximum atomic E-state index is 12.1. The molecule has 1 aromatic rings. The Hall–Kier alpha value is -2.24. The van der Waals surface area contributed by atoms with Crippen LogP contribution in [-0.2, 0) is 4.74 Å². The summed E-state index contributed by atoms with van der Waals surface area (Å²) in [5.41, 5.74) is 0.770. The van der Waals surface area contributed by atoms with Crippen molar-refractivity contribution in [3.63, 3.8) is 0 Å². The standard InChI is InChI=1S/C17H24NO5/c1-21-14-9-12(11-18(20)13-7-5-4-6-8-13)16(17(19)23-3)15(10-14)22-2/h9-11,13,20H,4-8H2,1-3H3/q+1. The van der Waals surface area contributed by atoms with Gasteiger partial charge in [-0.2, -0.15) is 0 Å². The Morgan fingerprint density at radius 2 is 1.87 bits per heavy atom. The second-order valence-electron chi connectivity index (χ2n) is 5.59. The molecule has 0 unspecified atom stereocenters. The van der Waals surface area contributed by atoms with Crippen LogP contribution >= 0.6 is 0 Å². The second-order valence-corrected chi connectivity index (χ2v) is 5.59. The van der Waals surface area contributed by atoms with Crippen molar-refractivity contribution in [2.24, 2.45) is 0 Å². The van der Waals surface area contributed by atoms with Gasteiger partial charge < -0.3 is 14.2 Å². The quantitative estimate of drug-likeness (QED) is 0.297. The Morgan fingerprint density at radius 3 is 2.43 bits per heavy atom. The van der Waals surface area contributed by atoms with E-state index < -0.39 is 5.97 Å². The molecule has 2 rings (SSSR count). The third-order valence-corrected chi connectivity index (χ3v) is 4.17. The molecule has 0 atom stereocenters. The molecule has 0 radical (unpaired) electrons. The van der Waals surface area contributed by atoms with Gasteiger partial charge in [-0.1, -0.05) is 6.42 Å². The topological polar surface area (TPSA) is 68.0 Å². The number of hydroxylamine groups is 1. The fraction of sp³-hybridized carbons (Fsp3) is 0.529. The van der Waals surface area contributed by atoms with Crippen molar-refractivity contribution in [3.05, 3.63) is 23.3 Å². The van der Waals surface area contributed by atoms with Crippen LogP contribution in [-0.4, -0.2) is 49.5 Å². The summed E-state index contributed by atoms with van der Waals surface area (Å²) in [4.78, 5) is 12.1. The first kappa shape index (κ1) is 17.1. The Morgan fingerprint density at radius 1 is 1.17 bits per heavy atom. The summed E-state index contributed by atoms with van der Waals surface area (Å²) in [7, 11) is 4.32. The van der Waals surface area contributed by atoms with Crippen LogP contribution < -0.4 is 9.47 Å². The third-order valence-electron chi connectivity index (χ3n) is 4.17. The second kappa shape index (κ2) is 7.85. The van der Waals surface area contributed by atoms with Crippen LogP contribution in [0.1, 0.15) is 48.0 Å². The molecule has 1 fully saturated rings. The SMILES string of the molecule is COC(=O)c1c(C=[N+](O)C2CCCCC2)cc(OC)cc1OC. The maximum absolute atomic E-state index is 12.1. The lowest BCUT2D eigenvalue weighted by atomic mass is 9.95. The van der Waals surface area contributed by atoms with Crippen molar-refractivity contribution in [2.75, 3.05) is 21.3 Å². The summed E-state index contributed by atoms with van der Waals surface area (Å²) in [5.74, 6) is 0.366. The third kappa shape index (κ3) is 3.94. The Balaban J connectivity index is 2.47. The minimum atomic E-state index is -0.521.